The van der Waals surface area contributed by atoms with Gasteiger partial charge < -0.3 is 11.9 Å². The number of carbonyl (C=O) groups is 1. The minimum atomic E-state index is -0.275. The molecule has 1 rings (SSSR count). The molecule has 0 fully saturated rings. The van der Waals surface area contributed by atoms with Crippen molar-refractivity contribution in [1.29, 1.82) is 0 Å². The molecule has 70 valence electrons. The first-order chi connectivity index (χ1) is 5.70. The Kier molecular flexibility index (Phi) is 4.64. The number of benzene rings is 1. The molecule has 0 unspecified atom stereocenters. The molecular weight excluding hydrogens is 186 g/mol. The number of nitrogens with one attached hydrogen (secondary N) is 1. The second-order valence-electron chi connectivity index (χ2n) is 2.18. The minimum absolute atomic E-state index is 0. The maximum atomic E-state index is 11.2. The van der Waals surface area contributed by atoms with E-state index >= 15 is 0 Å². The van der Waals surface area contributed by atoms with Crippen LogP contribution in [0.3, 0.4) is 0 Å². The van der Waals surface area contributed by atoms with Gasteiger partial charge in [-0.3, -0.25) is 10.1 Å². The standard InChI is InChI=1S/C8H8N2OS.H3N/c9-8(12)10-7(11)6-4-2-1-3-5-6;/h1-5H,(H3,9,10,11,12);1H3. The van der Waals surface area contributed by atoms with Crippen molar-refractivity contribution in [2.45, 2.75) is 0 Å². The number of hydrogen-bond donors (Lipinski definition) is 3. The van der Waals surface area contributed by atoms with Crippen molar-refractivity contribution >= 4 is 23.2 Å². The van der Waals surface area contributed by atoms with Crippen LogP contribution in [0.5, 0.6) is 0 Å². The molecule has 0 saturated carbocycles. The molecule has 0 aliphatic heterocycles. The summed E-state index contributed by atoms with van der Waals surface area (Å²) in [6, 6.07) is 8.75. The van der Waals surface area contributed by atoms with Crippen LogP contribution in [0.25, 0.3) is 0 Å². The van der Waals surface area contributed by atoms with Crippen LogP contribution >= 0.6 is 12.2 Å². The Morgan fingerprint density at radius 1 is 1.31 bits per heavy atom. The molecule has 1 amide bonds. The lowest BCUT2D eigenvalue weighted by atomic mass is 10.2. The molecule has 5 heteroatoms. The number of amides is 1. The molecule has 0 atom stereocenters. The van der Waals surface area contributed by atoms with Crippen LogP contribution in [0.15, 0.2) is 30.3 Å². The summed E-state index contributed by atoms with van der Waals surface area (Å²) >= 11 is 4.52. The molecule has 1 aromatic rings. The molecule has 0 heterocycles. The SMILES string of the molecule is N.NC(=S)NC(=O)c1ccccc1. The van der Waals surface area contributed by atoms with E-state index in [1.54, 1.807) is 24.3 Å². The van der Waals surface area contributed by atoms with Gasteiger partial charge in [0, 0.05) is 5.56 Å². The monoisotopic (exact) mass is 197 g/mol. The first kappa shape index (κ1) is 11.5. The topological polar surface area (TPSA) is 90.1 Å². The lowest BCUT2D eigenvalue weighted by Crippen LogP contribution is -2.34. The van der Waals surface area contributed by atoms with Crippen molar-refractivity contribution in [3.63, 3.8) is 0 Å². The van der Waals surface area contributed by atoms with Crippen LogP contribution in [-0.4, -0.2) is 11.0 Å². The molecule has 0 aliphatic carbocycles. The van der Waals surface area contributed by atoms with E-state index in [1.165, 1.54) is 0 Å². The zero-order valence-corrected chi connectivity index (χ0v) is 7.80. The van der Waals surface area contributed by atoms with Crippen LogP contribution in [0.4, 0.5) is 0 Å². The molecule has 0 saturated heterocycles. The van der Waals surface area contributed by atoms with Crippen LogP contribution < -0.4 is 17.2 Å². The fourth-order valence-electron chi connectivity index (χ4n) is 0.774. The third kappa shape index (κ3) is 3.64. The second kappa shape index (κ2) is 5.23. The molecule has 1 aromatic carbocycles. The molecule has 4 nitrogen and oxygen atoms in total. The van der Waals surface area contributed by atoms with Crippen molar-refractivity contribution < 1.29 is 4.79 Å². The van der Waals surface area contributed by atoms with E-state index in [0.717, 1.165) is 0 Å². The summed E-state index contributed by atoms with van der Waals surface area (Å²) < 4.78 is 0. The van der Waals surface area contributed by atoms with E-state index < -0.39 is 0 Å². The van der Waals surface area contributed by atoms with Crippen molar-refractivity contribution in [2.24, 2.45) is 5.73 Å². The summed E-state index contributed by atoms with van der Waals surface area (Å²) in [5, 5.41) is 2.32. The zero-order valence-electron chi connectivity index (χ0n) is 6.99. The molecule has 0 radical (unpaired) electrons. The van der Waals surface area contributed by atoms with Crippen molar-refractivity contribution in [3.8, 4) is 0 Å². The van der Waals surface area contributed by atoms with Gasteiger partial charge in [0.1, 0.15) is 0 Å². The quantitative estimate of drug-likeness (QED) is 0.581. The van der Waals surface area contributed by atoms with Gasteiger partial charge in [-0.2, -0.15) is 0 Å². The number of rotatable bonds is 1. The largest absolute Gasteiger partial charge is 0.376 e. The average molecular weight is 197 g/mol. The number of thiocarbonyl (C=S) groups is 1. The van der Waals surface area contributed by atoms with Gasteiger partial charge >= 0.3 is 0 Å². The Morgan fingerprint density at radius 3 is 2.31 bits per heavy atom. The van der Waals surface area contributed by atoms with Gasteiger partial charge in [0.25, 0.3) is 5.91 Å². The highest BCUT2D eigenvalue weighted by atomic mass is 32.1. The highest BCUT2D eigenvalue weighted by molar-refractivity contribution is 7.80. The summed E-state index contributed by atoms with van der Waals surface area (Å²) in [5.41, 5.74) is 5.68. The third-order valence-corrected chi connectivity index (χ3v) is 1.37. The van der Waals surface area contributed by atoms with Crippen LogP contribution in [0.1, 0.15) is 10.4 Å². The fraction of sp³-hybridized carbons (Fsp3) is 0. The molecule has 0 aromatic heterocycles. The zero-order chi connectivity index (χ0) is 8.97. The predicted molar refractivity (Wildman–Crippen MR) is 55.7 cm³/mol. The van der Waals surface area contributed by atoms with E-state index in [-0.39, 0.29) is 17.2 Å². The summed E-state index contributed by atoms with van der Waals surface area (Å²) in [7, 11) is 0. The minimum Gasteiger partial charge on any atom is -0.376 e. The Labute approximate surface area is 81.7 Å². The van der Waals surface area contributed by atoms with Crippen LogP contribution in [0.2, 0.25) is 0 Å². The van der Waals surface area contributed by atoms with Gasteiger partial charge in [-0.15, -0.1) is 0 Å². The summed E-state index contributed by atoms with van der Waals surface area (Å²) in [5.74, 6) is -0.275. The first-order valence-electron chi connectivity index (χ1n) is 3.36. The Morgan fingerprint density at radius 2 is 1.85 bits per heavy atom. The van der Waals surface area contributed by atoms with E-state index in [0.29, 0.717) is 5.56 Å². The summed E-state index contributed by atoms with van der Waals surface area (Å²) in [6.07, 6.45) is 0. The summed E-state index contributed by atoms with van der Waals surface area (Å²) in [6.45, 7) is 0. The average Bonchev–Trinajstić information content (AvgIpc) is 2.05. The lowest BCUT2D eigenvalue weighted by Gasteiger charge is -2.00. The lowest BCUT2D eigenvalue weighted by molar-refractivity contribution is 0.0977. The Bertz CT molecular complexity index is 300. The molecule has 0 spiro atoms. The number of hydrogen-bond acceptors (Lipinski definition) is 3. The second-order valence-corrected chi connectivity index (χ2v) is 2.62. The van der Waals surface area contributed by atoms with Crippen molar-refractivity contribution in [1.82, 2.24) is 11.5 Å². The van der Waals surface area contributed by atoms with E-state index in [2.05, 4.69) is 17.5 Å². The van der Waals surface area contributed by atoms with E-state index in [1.807, 2.05) is 6.07 Å². The molecule has 13 heavy (non-hydrogen) atoms. The highest BCUT2D eigenvalue weighted by Gasteiger charge is 2.03. The molecular formula is C8H11N3OS. The molecule has 6 N–H and O–H groups in total. The maximum absolute atomic E-state index is 11.2. The summed E-state index contributed by atoms with van der Waals surface area (Å²) in [4.78, 5) is 11.2. The molecule has 0 aliphatic rings. The maximum Gasteiger partial charge on any atom is 0.257 e. The van der Waals surface area contributed by atoms with Crippen molar-refractivity contribution in [2.75, 3.05) is 0 Å². The fourth-order valence-corrected chi connectivity index (χ4v) is 0.866. The number of nitrogens with two attached hydrogens (primary N) is 1. The smallest absolute Gasteiger partial charge is 0.257 e. The van der Waals surface area contributed by atoms with Gasteiger partial charge in [-0.25, -0.2) is 0 Å². The normalized spacial score (nSPS) is 8.31. The van der Waals surface area contributed by atoms with Crippen molar-refractivity contribution in [3.05, 3.63) is 35.9 Å². The number of carbonyl (C=O) groups excluding carboxylic acids is 1. The highest BCUT2D eigenvalue weighted by Crippen LogP contribution is 1.96. The third-order valence-electron chi connectivity index (χ3n) is 1.27. The first-order valence-corrected chi connectivity index (χ1v) is 3.77. The van der Waals surface area contributed by atoms with Gasteiger partial charge in [0.15, 0.2) is 5.11 Å². The predicted octanol–water partition coefficient (Wildman–Crippen LogP) is 0.822. The van der Waals surface area contributed by atoms with Gasteiger partial charge in [0.05, 0.1) is 0 Å². The Hall–Kier alpha value is -1.46. The van der Waals surface area contributed by atoms with Gasteiger partial charge in [-0.1, -0.05) is 18.2 Å². The van der Waals surface area contributed by atoms with E-state index in [9.17, 15) is 4.79 Å². The molecule has 0 bridgehead atoms. The van der Waals surface area contributed by atoms with Gasteiger partial charge in [0.2, 0.25) is 0 Å². The van der Waals surface area contributed by atoms with Gasteiger partial charge in [-0.05, 0) is 24.4 Å². The van der Waals surface area contributed by atoms with E-state index in [4.69, 9.17) is 5.73 Å². The van der Waals surface area contributed by atoms with Crippen LogP contribution in [-0.2, 0) is 0 Å². The van der Waals surface area contributed by atoms with Crippen LogP contribution in [0, 0.1) is 0 Å². The Balaban J connectivity index is 0.00000144.